The largest absolute Gasteiger partial charge is 0.334 e. The standard InChI is InChI=1S/C17H21N5O2S/c1-3-10-22-13(2)20-21-17(22)25-11-9-15(23)19-16(24)18-12-14-7-5-4-6-8-14/h3-8H,1,9-12H2,2H3,(H2,18,19,23,24). The summed E-state index contributed by atoms with van der Waals surface area (Å²) in [5, 5.41) is 13.8. The van der Waals surface area contributed by atoms with E-state index in [0.29, 0.717) is 18.8 Å². The molecule has 0 saturated carbocycles. The van der Waals surface area contributed by atoms with Gasteiger partial charge < -0.3 is 9.88 Å². The SMILES string of the molecule is C=CCn1c(C)nnc1SCCC(=O)NC(=O)NCc1ccccc1. The maximum absolute atomic E-state index is 11.8. The number of hydrogen-bond acceptors (Lipinski definition) is 5. The quantitative estimate of drug-likeness (QED) is 0.558. The summed E-state index contributed by atoms with van der Waals surface area (Å²) >= 11 is 1.42. The smallest absolute Gasteiger partial charge is 0.321 e. The summed E-state index contributed by atoms with van der Waals surface area (Å²) in [6.45, 7) is 6.56. The van der Waals surface area contributed by atoms with Crippen LogP contribution in [0.1, 0.15) is 17.8 Å². The van der Waals surface area contributed by atoms with Gasteiger partial charge in [-0.05, 0) is 12.5 Å². The number of hydrogen-bond donors (Lipinski definition) is 2. The molecule has 0 spiro atoms. The Morgan fingerprint density at radius 3 is 2.76 bits per heavy atom. The molecule has 0 bridgehead atoms. The predicted octanol–water partition coefficient (Wildman–Crippen LogP) is 2.28. The van der Waals surface area contributed by atoms with E-state index >= 15 is 0 Å². The maximum atomic E-state index is 11.8. The number of amides is 3. The van der Waals surface area contributed by atoms with Gasteiger partial charge in [-0.15, -0.1) is 16.8 Å². The van der Waals surface area contributed by atoms with Gasteiger partial charge in [-0.25, -0.2) is 4.79 Å². The highest BCUT2D eigenvalue weighted by Crippen LogP contribution is 2.17. The molecule has 2 N–H and O–H groups in total. The molecule has 2 aromatic rings. The van der Waals surface area contributed by atoms with Crippen LogP contribution >= 0.6 is 11.8 Å². The molecule has 25 heavy (non-hydrogen) atoms. The number of nitrogens with zero attached hydrogens (tertiary/aromatic N) is 3. The molecular weight excluding hydrogens is 338 g/mol. The summed E-state index contributed by atoms with van der Waals surface area (Å²) in [6.07, 6.45) is 1.98. The number of allylic oxidation sites excluding steroid dienone is 1. The lowest BCUT2D eigenvalue weighted by atomic mass is 10.2. The van der Waals surface area contributed by atoms with Crippen molar-refractivity contribution >= 4 is 23.7 Å². The number of benzene rings is 1. The van der Waals surface area contributed by atoms with E-state index in [1.165, 1.54) is 11.8 Å². The molecule has 0 saturated heterocycles. The van der Waals surface area contributed by atoms with Crippen LogP contribution < -0.4 is 10.6 Å². The van der Waals surface area contributed by atoms with E-state index in [0.717, 1.165) is 16.5 Å². The molecule has 0 atom stereocenters. The summed E-state index contributed by atoms with van der Waals surface area (Å²) in [5.41, 5.74) is 0.970. The van der Waals surface area contributed by atoms with E-state index in [4.69, 9.17) is 0 Å². The first-order valence-electron chi connectivity index (χ1n) is 7.85. The number of carbonyl (C=O) groups excluding carboxylic acids is 2. The van der Waals surface area contributed by atoms with Crippen molar-refractivity contribution in [2.24, 2.45) is 0 Å². The summed E-state index contributed by atoms with van der Waals surface area (Å²) in [6, 6.07) is 9.00. The molecule has 0 aliphatic rings. The van der Waals surface area contributed by atoms with Gasteiger partial charge in [-0.3, -0.25) is 10.1 Å². The first kappa shape index (κ1) is 18.7. The van der Waals surface area contributed by atoms with Crippen molar-refractivity contribution in [1.82, 2.24) is 25.4 Å². The molecule has 0 fully saturated rings. The molecule has 0 radical (unpaired) electrons. The van der Waals surface area contributed by atoms with Gasteiger partial charge in [0.1, 0.15) is 5.82 Å². The molecule has 1 aromatic heterocycles. The van der Waals surface area contributed by atoms with Crippen molar-refractivity contribution in [1.29, 1.82) is 0 Å². The average Bonchev–Trinajstić information content (AvgIpc) is 2.95. The lowest BCUT2D eigenvalue weighted by molar-refractivity contribution is -0.119. The number of aryl methyl sites for hydroxylation is 1. The van der Waals surface area contributed by atoms with E-state index in [2.05, 4.69) is 27.4 Å². The zero-order chi connectivity index (χ0) is 18.1. The molecule has 1 heterocycles. The summed E-state index contributed by atoms with van der Waals surface area (Å²) in [4.78, 5) is 23.5. The van der Waals surface area contributed by atoms with Crippen LogP contribution in [0.5, 0.6) is 0 Å². The van der Waals surface area contributed by atoms with E-state index in [-0.39, 0.29) is 12.3 Å². The monoisotopic (exact) mass is 359 g/mol. The highest BCUT2D eigenvalue weighted by Gasteiger charge is 2.11. The van der Waals surface area contributed by atoms with E-state index in [1.807, 2.05) is 41.8 Å². The van der Waals surface area contributed by atoms with Crippen molar-refractivity contribution < 1.29 is 9.59 Å². The first-order valence-corrected chi connectivity index (χ1v) is 8.84. The topological polar surface area (TPSA) is 88.9 Å². The van der Waals surface area contributed by atoms with Gasteiger partial charge in [0, 0.05) is 25.3 Å². The predicted molar refractivity (Wildman–Crippen MR) is 97.1 cm³/mol. The number of nitrogens with one attached hydrogen (secondary N) is 2. The fraction of sp³-hybridized carbons (Fsp3) is 0.294. The number of carbonyl (C=O) groups is 2. The van der Waals surface area contributed by atoms with Gasteiger partial charge in [-0.2, -0.15) is 0 Å². The fourth-order valence-corrected chi connectivity index (χ4v) is 2.99. The normalized spacial score (nSPS) is 10.3. The van der Waals surface area contributed by atoms with Crippen LogP contribution in [0.4, 0.5) is 4.79 Å². The van der Waals surface area contributed by atoms with E-state index < -0.39 is 6.03 Å². The number of thioether (sulfide) groups is 1. The Labute approximate surface area is 150 Å². The van der Waals surface area contributed by atoms with E-state index in [1.54, 1.807) is 6.08 Å². The summed E-state index contributed by atoms with van der Waals surface area (Å²) in [7, 11) is 0. The third-order valence-corrected chi connectivity index (χ3v) is 4.29. The van der Waals surface area contributed by atoms with Gasteiger partial charge in [-0.1, -0.05) is 48.2 Å². The van der Waals surface area contributed by atoms with Crippen LogP contribution in [0.3, 0.4) is 0 Å². The molecule has 2 rings (SSSR count). The Bertz CT molecular complexity index is 730. The molecule has 0 aliphatic heterocycles. The minimum absolute atomic E-state index is 0.212. The molecule has 1 aromatic carbocycles. The molecule has 132 valence electrons. The van der Waals surface area contributed by atoms with Crippen LogP contribution in [0, 0.1) is 6.92 Å². The van der Waals surface area contributed by atoms with Gasteiger partial charge in [0.2, 0.25) is 5.91 Å². The number of rotatable bonds is 8. The van der Waals surface area contributed by atoms with Crippen LogP contribution in [0.25, 0.3) is 0 Å². The minimum atomic E-state index is -0.496. The van der Waals surface area contributed by atoms with Crippen LogP contribution in [-0.4, -0.2) is 32.5 Å². The Balaban J connectivity index is 1.70. The molecule has 3 amide bonds. The first-order chi connectivity index (χ1) is 12.1. The third kappa shape index (κ3) is 6.07. The maximum Gasteiger partial charge on any atom is 0.321 e. The summed E-state index contributed by atoms with van der Waals surface area (Å²) in [5.74, 6) is 0.976. The fourth-order valence-electron chi connectivity index (χ4n) is 2.05. The van der Waals surface area contributed by atoms with Crippen molar-refractivity contribution in [3.63, 3.8) is 0 Å². The van der Waals surface area contributed by atoms with Crippen molar-refractivity contribution in [3.8, 4) is 0 Å². The Morgan fingerprint density at radius 2 is 2.04 bits per heavy atom. The van der Waals surface area contributed by atoms with Gasteiger partial charge in [0.25, 0.3) is 0 Å². The molecule has 7 nitrogen and oxygen atoms in total. The van der Waals surface area contributed by atoms with Crippen LogP contribution in [0.2, 0.25) is 0 Å². The zero-order valence-electron chi connectivity index (χ0n) is 14.1. The zero-order valence-corrected chi connectivity index (χ0v) is 14.9. The van der Waals surface area contributed by atoms with Crippen molar-refractivity contribution in [3.05, 3.63) is 54.4 Å². The Hall–Kier alpha value is -2.61. The Kier molecular flexibility index (Phi) is 7.21. The lowest BCUT2D eigenvalue weighted by Crippen LogP contribution is -2.39. The Morgan fingerprint density at radius 1 is 1.28 bits per heavy atom. The number of urea groups is 1. The second-order valence-corrected chi connectivity index (χ2v) is 6.31. The number of aromatic nitrogens is 3. The second-order valence-electron chi connectivity index (χ2n) is 5.24. The van der Waals surface area contributed by atoms with Crippen molar-refractivity contribution in [2.75, 3.05) is 5.75 Å². The molecule has 8 heteroatoms. The average molecular weight is 359 g/mol. The third-order valence-electron chi connectivity index (χ3n) is 3.32. The van der Waals surface area contributed by atoms with E-state index in [9.17, 15) is 9.59 Å². The van der Waals surface area contributed by atoms with Gasteiger partial charge >= 0.3 is 6.03 Å². The van der Waals surface area contributed by atoms with Crippen molar-refractivity contribution in [2.45, 2.75) is 31.6 Å². The second kappa shape index (κ2) is 9.63. The molecule has 0 unspecified atom stereocenters. The highest BCUT2D eigenvalue weighted by molar-refractivity contribution is 7.99. The van der Waals surface area contributed by atoms with Gasteiger partial charge in [0.05, 0.1) is 0 Å². The van der Waals surface area contributed by atoms with Crippen LogP contribution in [0.15, 0.2) is 48.1 Å². The number of imide groups is 1. The lowest BCUT2D eigenvalue weighted by Gasteiger charge is -2.07. The molecule has 0 aliphatic carbocycles. The van der Waals surface area contributed by atoms with Gasteiger partial charge in [0.15, 0.2) is 5.16 Å². The highest BCUT2D eigenvalue weighted by atomic mass is 32.2. The summed E-state index contributed by atoms with van der Waals surface area (Å²) < 4.78 is 1.92. The minimum Gasteiger partial charge on any atom is -0.334 e. The van der Waals surface area contributed by atoms with Crippen LogP contribution in [-0.2, 0) is 17.9 Å². The molecular formula is C17H21N5O2S.